The number of benzene rings is 2. The van der Waals surface area contributed by atoms with Gasteiger partial charge in [-0.05, 0) is 47.9 Å². The Bertz CT molecular complexity index is 1550. The number of fused-ring (bicyclic) bond motifs is 2. The summed E-state index contributed by atoms with van der Waals surface area (Å²) in [5, 5.41) is 23.6. The standard InChI is InChI=1S/C24H19N9/c1-2-16(11-22-15(1)9-20(30-22)13-26-19-5-8-27-28-14-19)24-25-7-6-23(32-24)31-18-3-4-21-17(10-18)12-29-33-21/h1-12,14,30H,13H2,(H,26,27)(H,29,33)(H,25,31,32). The summed E-state index contributed by atoms with van der Waals surface area (Å²) in [6, 6.07) is 18.1. The highest BCUT2D eigenvalue weighted by atomic mass is 15.1. The molecule has 0 bridgehead atoms. The van der Waals surface area contributed by atoms with E-state index in [-0.39, 0.29) is 0 Å². The van der Waals surface area contributed by atoms with Crippen LogP contribution in [-0.2, 0) is 6.54 Å². The predicted octanol–water partition coefficient (Wildman–Crippen LogP) is 4.65. The molecule has 4 aromatic heterocycles. The van der Waals surface area contributed by atoms with Crippen molar-refractivity contribution >= 4 is 39.0 Å². The van der Waals surface area contributed by atoms with Crippen LogP contribution in [0.3, 0.4) is 0 Å². The molecule has 0 unspecified atom stereocenters. The third kappa shape index (κ3) is 3.94. The first-order chi connectivity index (χ1) is 16.3. The first-order valence-electron chi connectivity index (χ1n) is 10.5. The molecule has 0 spiro atoms. The van der Waals surface area contributed by atoms with Crippen molar-refractivity contribution in [2.45, 2.75) is 6.54 Å². The second kappa shape index (κ2) is 8.04. The maximum atomic E-state index is 4.71. The van der Waals surface area contributed by atoms with Crippen LogP contribution in [0.4, 0.5) is 17.2 Å². The van der Waals surface area contributed by atoms with Crippen molar-refractivity contribution in [1.82, 2.24) is 35.3 Å². The van der Waals surface area contributed by atoms with Crippen LogP contribution >= 0.6 is 0 Å². The Morgan fingerprint density at radius 3 is 2.73 bits per heavy atom. The highest BCUT2D eigenvalue weighted by Crippen LogP contribution is 2.25. The molecule has 6 rings (SSSR count). The van der Waals surface area contributed by atoms with E-state index in [0.29, 0.717) is 12.4 Å². The number of hydrogen-bond donors (Lipinski definition) is 4. The van der Waals surface area contributed by atoms with Crippen molar-refractivity contribution in [2.75, 3.05) is 10.6 Å². The molecule has 9 nitrogen and oxygen atoms in total. The molecule has 33 heavy (non-hydrogen) atoms. The number of nitrogens with one attached hydrogen (secondary N) is 4. The Morgan fingerprint density at radius 2 is 1.79 bits per heavy atom. The minimum absolute atomic E-state index is 0.656. The van der Waals surface area contributed by atoms with E-state index in [1.165, 1.54) is 0 Å². The van der Waals surface area contributed by atoms with Gasteiger partial charge in [-0.3, -0.25) is 5.10 Å². The quantitative estimate of drug-likeness (QED) is 0.302. The van der Waals surface area contributed by atoms with E-state index in [2.05, 4.69) is 59.2 Å². The summed E-state index contributed by atoms with van der Waals surface area (Å²) >= 11 is 0. The van der Waals surface area contributed by atoms with Crippen molar-refractivity contribution in [1.29, 1.82) is 0 Å². The van der Waals surface area contributed by atoms with E-state index >= 15 is 0 Å². The summed E-state index contributed by atoms with van der Waals surface area (Å²) in [7, 11) is 0. The molecule has 160 valence electrons. The van der Waals surface area contributed by atoms with Gasteiger partial charge in [0.05, 0.1) is 36.3 Å². The van der Waals surface area contributed by atoms with Crippen LogP contribution in [0.1, 0.15) is 5.69 Å². The second-order valence-electron chi connectivity index (χ2n) is 7.64. The molecule has 6 aromatic rings. The van der Waals surface area contributed by atoms with E-state index in [1.54, 1.807) is 24.8 Å². The Hall–Kier alpha value is -4.79. The molecule has 0 radical (unpaired) electrons. The molecule has 4 N–H and O–H groups in total. The lowest BCUT2D eigenvalue weighted by Gasteiger charge is -2.07. The van der Waals surface area contributed by atoms with E-state index in [1.807, 2.05) is 36.4 Å². The summed E-state index contributed by atoms with van der Waals surface area (Å²) in [4.78, 5) is 12.7. The predicted molar refractivity (Wildman–Crippen MR) is 128 cm³/mol. The van der Waals surface area contributed by atoms with Gasteiger partial charge in [0.1, 0.15) is 5.82 Å². The molecule has 9 heteroatoms. The largest absolute Gasteiger partial charge is 0.378 e. The highest BCUT2D eigenvalue weighted by molar-refractivity contribution is 5.85. The van der Waals surface area contributed by atoms with Crippen LogP contribution in [0.5, 0.6) is 0 Å². The van der Waals surface area contributed by atoms with Crippen LogP contribution < -0.4 is 10.6 Å². The van der Waals surface area contributed by atoms with Crippen molar-refractivity contribution in [3.05, 3.63) is 85.1 Å². The molecule has 0 aliphatic rings. The average molecular weight is 433 g/mol. The fraction of sp³-hybridized carbons (Fsp3) is 0.0417. The van der Waals surface area contributed by atoms with Gasteiger partial charge < -0.3 is 15.6 Å². The monoisotopic (exact) mass is 433 g/mol. The summed E-state index contributed by atoms with van der Waals surface area (Å²) < 4.78 is 0. The summed E-state index contributed by atoms with van der Waals surface area (Å²) in [5.41, 5.74) is 5.91. The molecule has 0 amide bonds. The van der Waals surface area contributed by atoms with E-state index in [9.17, 15) is 0 Å². The number of nitrogens with zero attached hydrogens (tertiary/aromatic N) is 5. The number of H-pyrrole nitrogens is 2. The molecule has 2 aromatic carbocycles. The van der Waals surface area contributed by atoms with E-state index < -0.39 is 0 Å². The fourth-order valence-electron chi connectivity index (χ4n) is 3.75. The molecule has 0 atom stereocenters. The molecule has 4 heterocycles. The van der Waals surface area contributed by atoms with Gasteiger partial charge in [0, 0.05) is 34.0 Å². The molecule has 0 fully saturated rings. The Morgan fingerprint density at radius 1 is 0.788 bits per heavy atom. The van der Waals surface area contributed by atoms with E-state index in [4.69, 9.17) is 4.98 Å². The SMILES string of the molecule is c1cc(NCc2cc3ccc(-c4nccc(Nc5ccc6[nH]ncc6c5)n4)cc3[nH]2)cnn1. The number of anilines is 3. The third-order valence-corrected chi connectivity index (χ3v) is 5.37. The normalized spacial score (nSPS) is 11.2. The lowest BCUT2D eigenvalue weighted by atomic mass is 10.1. The Kier molecular flexibility index (Phi) is 4.62. The maximum absolute atomic E-state index is 4.71. The van der Waals surface area contributed by atoms with Crippen LogP contribution in [-0.4, -0.2) is 35.3 Å². The van der Waals surface area contributed by atoms with E-state index in [0.717, 1.165) is 50.3 Å². The van der Waals surface area contributed by atoms with Crippen molar-refractivity contribution in [3.63, 3.8) is 0 Å². The minimum atomic E-state index is 0.656. The van der Waals surface area contributed by atoms with Gasteiger partial charge in [-0.15, -0.1) is 0 Å². The van der Waals surface area contributed by atoms with Crippen molar-refractivity contribution in [2.24, 2.45) is 0 Å². The van der Waals surface area contributed by atoms with Crippen molar-refractivity contribution < 1.29 is 0 Å². The zero-order valence-corrected chi connectivity index (χ0v) is 17.4. The van der Waals surface area contributed by atoms with Gasteiger partial charge in [-0.2, -0.15) is 15.3 Å². The van der Waals surface area contributed by atoms with Crippen LogP contribution in [0.2, 0.25) is 0 Å². The average Bonchev–Trinajstić information content (AvgIpc) is 3.49. The van der Waals surface area contributed by atoms with Gasteiger partial charge >= 0.3 is 0 Å². The first kappa shape index (κ1) is 18.9. The van der Waals surface area contributed by atoms with Crippen LogP contribution in [0, 0.1) is 0 Å². The lowest BCUT2D eigenvalue weighted by Crippen LogP contribution is -1.99. The topological polar surface area (TPSA) is 120 Å². The molecular weight excluding hydrogens is 414 g/mol. The van der Waals surface area contributed by atoms with Gasteiger partial charge in [0.2, 0.25) is 0 Å². The number of hydrogen-bond acceptors (Lipinski definition) is 7. The van der Waals surface area contributed by atoms with Crippen LogP contribution in [0.25, 0.3) is 33.2 Å². The third-order valence-electron chi connectivity index (χ3n) is 5.37. The highest BCUT2D eigenvalue weighted by Gasteiger charge is 2.08. The Labute approximate surface area is 188 Å². The van der Waals surface area contributed by atoms with Gasteiger partial charge in [0.15, 0.2) is 5.82 Å². The summed E-state index contributed by atoms with van der Waals surface area (Å²) in [6.45, 7) is 0.659. The summed E-state index contributed by atoms with van der Waals surface area (Å²) in [6.07, 6.45) is 6.93. The first-order valence-corrected chi connectivity index (χ1v) is 10.5. The van der Waals surface area contributed by atoms with Crippen molar-refractivity contribution in [3.8, 4) is 11.4 Å². The van der Waals surface area contributed by atoms with Gasteiger partial charge in [0.25, 0.3) is 0 Å². The summed E-state index contributed by atoms with van der Waals surface area (Å²) in [5.74, 6) is 1.38. The molecule has 0 saturated carbocycles. The second-order valence-corrected chi connectivity index (χ2v) is 7.64. The van der Waals surface area contributed by atoms with Gasteiger partial charge in [-0.1, -0.05) is 12.1 Å². The Balaban J connectivity index is 1.23. The molecule has 0 saturated heterocycles. The fourth-order valence-corrected chi connectivity index (χ4v) is 3.75. The molecular formula is C24H19N9. The number of aromatic nitrogens is 7. The molecule has 0 aliphatic heterocycles. The zero-order valence-electron chi connectivity index (χ0n) is 17.4. The number of aromatic amines is 2. The smallest absolute Gasteiger partial charge is 0.161 e. The minimum Gasteiger partial charge on any atom is -0.378 e. The van der Waals surface area contributed by atoms with Gasteiger partial charge in [-0.25, -0.2) is 9.97 Å². The van der Waals surface area contributed by atoms with Crippen LogP contribution in [0.15, 0.2) is 79.4 Å². The zero-order chi connectivity index (χ0) is 22.0. The molecule has 0 aliphatic carbocycles. The lowest BCUT2D eigenvalue weighted by molar-refractivity contribution is 1.01. The number of rotatable bonds is 6. The maximum Gasteiger partial charge on any atom is 0.161 e.